The topological polar surface area (TPSA) is 80.6 Å². The zero-order valence-electron chi connectivity index (χ0n) is 18.8. The second-order valence-electron chi connectivity index (χ2n) is 8.03. The van der Waals surface area contributed by atoms with Gasteiger partial charge in [-0.25, -0.2) is 0 Å². The van der Waals surface area contributed by atoms with Crippen LogP contribution in [0.15, 0.2) is 42.5 Å². The molecule has 0 bridgehead atoms. The van der Waals surface area contributed by atoms with Crippen LogP contribution in [0.2, 0.25) is 0 Å². The number of carbonyl (C=O) groups is 2. The molecule has 2 aromatic carbocycles. The Balaban J connectivity index is 1.43. The lowest BCUT2D eigenvalue weighted by atomic mass is 10.1. The lowest BCUT2D eigenvalue weighted by Gasteiger charge is -2.34. The van der Waals surface area contributed by atoms with E-state index in [-0.39, 0.29) is 11.8 Å². The maximum Gasteiger partial charge on any atom is 0.276 e. The summed E-state index contributed by atoms with van der Waals surface area (Å²) >= 11 is 0. The summed E-state index contributed by atoms with van der Waals surface area (Å²) in [5, 5.41) is 8.95. The number of hydrogen-bond donors (Lipinski definition) is 0. The SMILES string of the molecule is COc1ccc(C(=O)N2CCN(C(=O)c3nn(-c4ccc(C)cc4C)nc3C)CC2)cc1. The third-order valence-electron chi connectivity index (χ3n) is 5.74. The van der Waals surface area contributed by atoms with Crippen molar-refractivity contribution in [3.8, 4) is 11.4 Å². The normalized spacial score (nSPS) is 13.9. The molecule has 4 rings (SSSR count). The average molecular weight is 434 g/mol. The van der Waals surface area contributed by atoms with Crippen LogP contribution in [0, 0.1) is 20.8 Å². The van der Waals surface area contributed by atoms with E-state index in [9.17, 15) is 9.59 Å². The van der Waals surface area contributed by atoms with Gasteiger partial charge in [-0.15, -0.1) is 5.10 Å². The minimum absolute atomic E-state index is 0.0447. The van der Waals surface area contributed by atoms with Gasteiger partial charge >= 0.3 is 0 Å². The molecule has 3 aromatic rings. The Morgan fingerprint density at radius 3 is 2.06 bits per heavy atom. The van der Waals surface area contributed by atoms with Gasteiger partial charge in [0.2, 0.25) is 0 Å². The van der Waals surface area contributed by atoms with Crippen LogP contribution in [-0.2, 0) is 0 Å². The van der Waals surface area contributed by atoms with Gasteiger partial charge in [0.25, 0.3) is 11.8 Å². The van der Waals surface area contributed by atoms with E-state index in [1.165, 1.54) is 4.80 Å². The average Bonchev–Trinajstić information content (AvgIpc) is 3.19. The zero-order chi connectivity index (χ0) is 22.8. The number of nitrogens with zero attached hydrogens (tertiary/aromatic N) is 5. The van der Waals surface area contributed by atoms with Crippen molar-refractivity contribution in [2.45, 2.75) is 20.8 Å². The van der Waals surface area contributed by atoms with Gasteiger partial charge in [-0.3, -0.25) is 9.59 Å². The molecule has 0 unspecified atom stereocenters. The van der Waals surface area contributed by atoms with Gasteiger partial charge in [0.15, 0.2) is 5.69 Å². The summed E-state index contributed by atoms with van der Waals surface area (Å²) in [6.07, 6.45) is 0. The first-order chi connectivity index (χ1) is 15.4. The molecule has 0 saturated carbocycles. The van der Waals surface area contributed by atoms with Crippen molar-refractivity contribution in [1.29, 1.82) is 0 Å². The van der Waals surface area contributed by atoms with E-state index in [1.54, 1.807) is 48.1 Å². The first-order valence-electron chi connectivity index (χ1n) is 10.6. The molecule has 0 atom stereocenters. The number of amides is 2. The van der Waals surface area contributed by atoms with E-state index in [4.69, 9.17) is 4.74 Å². The van der Waals surface area contributed by atoms with E-state index in [1.807, 2.05) is 26.0 Å². The van der Waals surface area contributed by atoms with Crippen LogP contribution in [0.25, 0.3) is 5.69 Å². The molecule has 8 heteroatoms. The van der Waals surface area contributed by atoms with E-state index in [2.05, 4.69) is 16.3 Å². The predicted molar refractivity (Wildman–Crippen MR) is 120 cm³/mol. The second kappa shape index (κ2) is 8.82. The van der Waals surface area contributed by atoms with Crippen molar-refractivity contribution >= 4 is 11.8 Å². The summed E-state index contributed by atoms with van der Waals surface area (Å²) in [7, 11) is 1.59. The van der Waals surface area contributed by atoms with Gasteiger partial charge in [0.1, 0.15) is 5.75 Å². The fourth-order valence-electron chi connectivity index (χ4n) is 3.89. The van der Waals surface area contributed by atoms with Crippen molar-refractivity contribution in [2.75, 3.05) is 33.3 Å². The Morgan fingerprint density at radius 1 is 0.844 bits per heavy atom. The molecular formula is C24H27N5O3. The molecule has 2 heterocycles. The highest BCUT2D eigenvalue weighted by Gasteiger charge is 2.28. The van der Waals surface area contributed by atoms with Crippen molar-refractivity contribution < 1.29 is 14.3 Å². The molecule has 1 aromatic heterocycles. The molecule has 0 spiro atoms. The minimum atomic E-state index is -0.157. The zero-order valence-corrected chi connectivity index (χ0v) is 18.8. The molecule has 8 nitrogen and oxygen atoms in total. The van der Waals surface area contributed by atoms with E-state index in [0.717, 1.165) is 16.8 Å². The monoisotopic (exact) mass is 433 g/mol. The highest BCUT2D eigenvalue weighted by molar-refractivity contribution is 5.95. The van der Waals surface area contributed by atoms with Gasteiger partial charge < -0.3 is 14.5 Å². The molecule has 1 aliphatic heterocycles. The molecule has 32 heavy (non-hydrogen) atoms. The predicted octanol–water partition coefficient (Wildman–Crippen LogP) is 2.80. The summed E-state index contributed by atoms with van der Waals surface area (Å²) in [6.45, 7) is 7.69. The number of ether oxygens (including phenoxy) is 1. The number of aromatic nitrogens is 3. The lowest BCUT2D eigenvalue weighted by molar-refractivity contribution is 0.0531. The van der Waals surface area contributed by atoms with Gasteiger partial charge in [0.05, 0.1) is 18.5 Å². The number of piperazine rings is 1. The maximum absolute atomic E-state index is 13.1. The Hall–Kier alpha value is -3.68. The van der Waals surface area contributed by atoms with Crippen LogP contribution in [0.3, 0.4) is 0 Å². The molecule has 1 aliphatic rings. The van der Waals surface area contributed by atoms with Crippen molar-refractivity contribution in [2.24, 2.45) is 0 Å². The van der Waals surface area contributed by atoms with Crippen molar-refractivity contribution in [3.63, 3.8) is 0 Å². The minimum Gasteiger partial charge on any atom is -0.497 e. The van der Waals surface area contributed by atoms with Crippen LogP contribution in [0.4, 0.5) is 0 Å². The first-order valence-corrected chi connectivity index (χ1v) is 10.6. The Kier molecular flexibility index (Phi) is 5.94. The Bertz CT molecular complexity index is 1140. The third kappa shape index (κ3) is 4.21. The molecule has 1 saturated heterocycles. The number of methoxy groups -OCH3 is 1. The number of hydrogen-bond acceptors (Lipinski definition) is 5. The number of rotatable bonds is 4. The van der Waals surface area contributed by atoms with E-state index >= 15 is 0 Å². The van der Waals surface area contributed by atoms with Crippen LogP contribution < -0.4 is 4.74 Å². The highest BCUT2D eigenvalue weighted by atomic mass is 16.5. The largest absolute Gasteiger partial charge is 0.497 e. The smallest absolute Gasteiger partial charge is 0.276 e. The van der Waals surface area contributed by atoms with Gasteiger partial charge in [-0.2, -0.15) is 9.90 Å². The van der Waals surface area contributed by atoms with Gasteiger partial charge in [0, 0.05) is 31.7 Å². The molecule has 0 radical (unpaired) electrons. The van der Waals surface area contributed by atoms with Crippen molar-refractivity contribution in [3.05, 3.63) is 70.5 Å². The molecular weight excluding hydrogens is 406 g/mol. The summed E-state index contributed by atoms with van der Waals surface area (Å²) in [5.41, 5.74) is 4.61. The summed E-state index contributed by atoms with van der Waals surface area (Å²) in [5.74, 6) is 0.507. The Morgan fingerprint density at radius 2 is 1.47 bits per heavy atom. The summed E-state index contributed by atoms with van der Waals surface area (Å²) in [6, 6.07) is 13.1. The molecule has 0 aliphatic carbocycles. The highest BCUT2D eigenvalue weighted by Crippen LogP contribution is 2.18. The van der Waals surface area contributed by atoms with Crippen LogP contribution >= 0.6 is 0 Å². The first kappa shape index (κ1) is 21.5. The Labute approximate surface area is 187 Å². The lowest BCUT2D eigenvalue weighted by Crippen LogP contribution is -2.50. The standard InChI is InChI=1S/C24H27N5O3/c1-16-5-10-21(17(2)15-16)29-25-18(3)22(26-29)24(31)28-13-11-27(12-14-28)23(30)19-6-8-20(32-4)9-7-19/h5-10,15H,11-14H2,1-4H3. The molecule has 2 amide bonds. The fourth-order valence-corrected chi connectivity index (χ4v) is 3.89. The van der Waals surface area contributed by atoms with Gasteiger partial charge in [-0.05, 0) is 56.7 Å². The number of benzene rings is 2. The quantitative estimate of drug-likeness (QED) is 0.632. The fraction of sp³-hybridized carbons (Fsp3) is 0.333. The molecule has 1 fully saturated rings. The third-order valence-corrected chi connectivity index (χ3v) is 5.74. The number of aryl methyl sites for hydroxylation is 3. The van der Waals surface area contributed by atoms with E-state index in [0.29, 0.717) is 48.9 Å². The van der Waals surface area contributed by atoms with Crippen molar-refractivity contribution in [1.82, 2.24) is 24.8 Å². The maximum atomic E-state index is 13.1. The summed E-state index contributed by atoms with van der Waals surface area (Å²) in [4.78, 5) is 30.9. The van der Waals surface area contributed by atoms with Crippen LogP contribution in [-0.4, -0.2) is 69.9 Å². The van der Waals surface area contributed by atoms with Crippen LogP contribution in [0.5, 0.6) is 5.75 Å². The molecule has 166 valence electrons. The molecule has 0 N–H and O–H groups in total. The van der Waals surface area contributed by atoms with Crippen LogP contribution in [0.1, 0.15) is 37.7 Å². The summed E-state index contributed by atoms with van der Waals surface area (Å²) < 4.78 is 5.15. The van der Waals surface area contributed by atoms with Gasteiger partial charge in [-0.1, -0.05) is 17.7 Å². The number of carbonyl (C=O) groups excluding carboxylic acids is 2. The second-order valence-corrected chi connectivity index (χ2v) is 8.03. The van der Waals surface area contributed by atoms with E-state index < -0.39 is 0 Å².